The minimum absolute atomic E-state index is 0.246. The predicted molar refractivity (Wildman–Crippen MR) is 82.2 cm³/mol. The van der Waals surface area contributed by atoms with E-state index in [1.165, 1.54) is 30.8 Å². The number of aryl methyl sites for hydroxylation is 3. The minimum atomic E-state index is -0.956. The molecule has 22 heavy (non-hydrogen) atoms. The van der Waals surface area contributed by atoms with Crippen molar-refractivity contribution in [1.82, 2.24) is 0 Å². The molecule has 2 rings (SSSR count). The number of carboxylic acid groups (broad SMARTS) is 1. The highest BCUT2D eigenvalue weighted by Gasteiger charge is 2.21. The van der Waals surface area contributed by atoms with E-state index in [1.807, 2.05) is 24.3 Å². The van der Waals surface area contributed by atoms with Crippen LogP contribution in [0.2, 0.25) is 0 Å². The summed E-state index contributed by atoms with van der Waals surface area (Å²) in [5.74, 6) is -0.359. The number of carbonyl (C=O) groups is 1. The lowest BCUT2D eigenvalue weighted by atomic mass is 10.1. The van der Waals surface area contributed by atoms with Crippen molar-refractivity contribution in [3.8, 4) is 5.75 Å². The van der Waals surface area contributed by atoms with Crippen molar-refractivity contribution >= 4 is 5.97 Å². The molecular weight excluding hydrogens is 391 g/mol. The number of hydrogen-bond acceptors (Lipinski definition) is 2. The van der Waals surface area contributed by atoms with Crippen LogP contribution >= 0.6 is 0 Å². The molecule has 2 aromatic carbocycles. The number of halogens is 1. The van der Waals surface area contributed by atoms with E-state index in [0.29, 0.717) is 5.75 Å². The molecule has 0 saturated carbocycles. The molecule has 0 fully saturated rings. The van der Waals surface area contributed by atoms with Crippen molar-refractivity contribution in [2.45, 2.75) is 33.8 Å². The maximum absolute atomic E-state index is 10.8. The summed E-state index contributed by atoms with van der Waals surface area (Å²) in [4.78, 5) is 10.8. The highest BCUT2D eigenvalue weighted by molar-refractivity contribution is 5.72. The number of benzene rings is 2. The van der Waals surface area contributed by atoms with E-state index in [4.69, 9.17) is 9.84 Å². The summed E-state index contributed by atoms with van der Waals surface area (Å²) in [5.41, 5.74) is 4.00. The van der Waals surface area contributed by atoms with Gasteiger partial charge in [0.15, 0.2) is 13.2 Å². The summed E-state index contributed by atoms with van der Waals surface area (Å²) in [7, 11) is 0. The molecule has 0 saturated heterocycles. The van der Waals surface area contributed by atoms with E-state index in [9.17, 15) is 4.79 Å². The normalized spacial score (nSPS) is 12.0. The fraction of sp³-hybridized carbons (Fsp3) is 0.278. The molecule has 0 bridgehead atoms. The van der Waals surface area contributed by atoms with Crippen molar-refractivity contribution in [2.24, 2.45) is 0 Å². The Bertz CT molecular complexity index is 654. The number of aliphatic carboxylic acids is 1. The molecule has 116 valence electrons. The third-order valence-corrected chi connectivity index (χ3v) is 6.84. The second-order valence-corrected chi connectivity index (χ2v) is 8.22. The SMILES string of the molecule is Cc1cc(C)c([I+]c2ccc(OC(C)C(=O)O)cc2)c(C)c1. The van der Waals surface area contributed by atoms with E-state index >= 15 is 0 Å². The van der Waals surface area contributed by atoms with E-state index in [2.05, 4.69) is 32.9 Å². The van der Waals surface area contributed by atoms with Crippen LogP contribution in [-0.4, -0.2) is 17.2 Å². The summed E-state index contributed by atoms with van der Waals surface area (Å²) in [6.45, 7) is 7.99. The van der Waals surface area contributed by atoms with Crippen molar-refractivity contribution < 1.29 is 35.8 Å². The Labute approximate surface area is 141 Å². The Morgan fingerprint density at radius 3 is 2.14 bits per heavy atom. The standard InChI is InChI=1S/C18H19IO3/c1-11-9-12(2)17(13(3)10-11)19-15-5-7-16(8-6-15)22-14(4)18(20)21/h5-10,14H,1-4H3/p+1. The highest BCUT2D eigenvalue weighted by Crippen LogP contribution is 2.11. The quantitative estimate of drug-likeness (QED) is 0.733. The fourth-order valence-corrected chi connectivity index (χ4v) is 4.76. The third kappa shape index (κ3) is 4.22. The Balaban J connectivity index is 2.14. The van der Waals surface area contributed by atoms with Crippen LogP contribution in [-0.2, 0) is 4.79 Å². The van der Waals surface area contributed by atoms with Gasteiger partial charge in [-0.1, -0.05) is 17.7 Å². The molecule has 1 atom stereocenters. The predicted octanol–water partition coefficient (Wildman–Crippen LogP) is 0.592. The van der Waals surface area contributed by atoms with E-state index < -0.39 is 12.1 Å². The second-order valence-electron chi connectivity index (χ2n) is 5.36. The van der Waals surface area contributed by atoms with Gasteiger partial charge in [0.25, 0.3) is 0 Å². The van der Waals surface area contributed by atoms with Gasteiger partial charge < -0.3 is 9.84 Å². The van der Waals surface area contributed by atoms with Gasteiger partial charge in [-0.2, -0.15) is 0 Å². The minimum Gasteiger partial charge on any atom is -0.479 e. The molecule has 0 aliphatic heterocycles. The van der Waals surface area contributed by atoms with Gasteiger partial charge in [0.05, 0.1) is 0 Å². The lowest BCUT2D eigenvalue weighted by molar-refractivity contribution is -0.598. The van der Waals surface area contributed by atoms with Crippen molar-refractivity contribution in [2.75, 3.05) is 0 Å². The Hall–Kier alpha value is -1.56. The lowest BCUT2D eigenvalue weighted by Gasteiger charge is -2.09. The van der Waals surface area contributed by atoms with Crippen LogP contribution in [0.1, 0.15) is 23.6 Å². The smallest absolute Gasteiger partial charge is 0.358 e. The number of hydrogen-bond donors (Lipinski definition) is 1. The van der Waals surface area contributed by atoms with Gasteiger partial charge in [-0.25, -0.2) is 4.79 Å². The first-order valence-corrected chi connectivity index (χ1v) is 9.25. The average molecular weight is 411 g/mol. The third-order valence-electron chi connectivity index (χ3n) is 3.26. The molecule has 0 spiro atoms. The lowest BCUT2D eigenvalue weighted by Crippen LogP contribution is -3.62. The molecule has 2 aromatic rings. The molecule has 3 nitrogen and oxygen atoms in total. The average Bonchev–Trinajstić information content (AvgIpc) is 2.44. The Morgan fingerprint density at radius 1 is 1.09 bits per heavy atom. The summed E-state index contributed by atoms with van der Waals surface area (Å²) < 4.78 is 8.11. The zero-order valence-electron chi connectivity index (χ0n) is 13.2. The molecule has 0 amide bonds. The highest BCUT2D eigenvalue weighted by atomic mass is 127. The van der Waals surface area contributed by atoms with Crippen LogP contribution < -0.4 is 25.9 Å². The summed E-state index contributed by atoms with van der Waals surface area (Å²) >= 11 is -0.246. The molecule has 0 radical (unpaired) electrons. The first-order valence-electron chi connectivity index (χ1n) is 7.09. The van der Waals surface area contributed by atoms with Crippen molar-refractivity contribution in [3.05, 3.63) is 60.2 Å². The molecule has 0 aliphatic rings. The van der Waals surface area contributed by atoms with Gasteiger partial charge in [0.2, 0.25) is 0 Å². The topological polar surface area (TPSA) is 46.5 Å². The fourth-order valence-electron chi connectivity index (χ4n) is 2.25. The van der Waals surface area contributed by atoms with Crippen molar-refractivity contribution in [1.29, 1.82) is 0 Å². The number of carboxylic acids is 1. The van der Waals surface area contributed by atoms with Gasteiger partial charge in [0, 0.05) is 11.1 Å². The van der Waals surface area contributed by atoms with Gasteiger partial charge >= 0.3 is 27.2 Å². The zero-order valence-corrected chi connectivity index (χ0v) is 15.3. The maximum atomic E-state index is 10.8. The van der Waals surface area contributed by atoms with Crippen LogP contribution in [0.25, 0.3) is 0 Å². The van der Waals surface area contributed by atoms with E-state index in [0.717, 1.165) is 0 Å². The first kappa shape index (κ1) is 16.8. The van der Waals surface area contributed by atoms with Crippen LogP contribution in [0.4, 0.5) is 0 Å². The number of rotatable bonds is 5. The van der Waals surface area contributed by atoms with E-state index in [-0.39, 0.29) is 21.2 Å². The summed E-state index contributed by atoms with van der Waals surface area (Å²) in [6.07, 6.45) is -0.831. The van der Waals surface area contributed by atoms with Gasteiger partial charge in [-0.05, 0) is 52.0 Å². The molecular formula is C18H20IO3+. The van der Waals surface area contributed by atoms with Crippen LogP contribution in [0.3, 0.4) is 0 Å². The largest absolute Gasteiger partial charge is 0.479 e. The monoisotopic (exact) mass is 411 g/mol. The van der Waals surface area contributed by atoms with Gasteiger partial charge in [0.1, 0.15) is 5.75 Å². The van der Waals surface area contributed by atoms with Gasteiger partial charge in [-0.15, -0.1) is 0 Å². The first-order chi connectivity index (χ1) is 10.4. The second kappa shape index (κ2) is 7.13. The molecule has 0 aliphatic carbocycles. The summed E-state index contributed by atoms with van der Waals surface area (Å²) in [6, 6.07) is 12.2. The zero-order chi connectivity index (χ0) is 16.3. The van der Waals surface area contributed by atoms with Crippen LogP contribution in [0, 0.1) is 27.9 Å². The van der Waals surface area contributed by atoms with E-state index in [1.54, 1.807) is 0 Å². The van der Waals surface area contributed by atoms with Crippen LogP contribution in [0.15, 0.2) is 36.4 Å². The van der Waals surface area contributed by atoms with Gasteiger partial charge in [-0.3, -0.25) is 0 Å². The molecule has 1 unspecified atom stereocenters. The Morgan fingerprint density at radius 2 is 1.64 bits per heavy atom. The molecule has 1 N–H and O–H groups in total. The molecule has 0 aromatic heterocycles. The van der Waals surface area contributed by atoms with Crippen LogP contribution in [0.5, 0.6) is 5.75 Å². The number of ether oxygens (including phenoxy) is 1. The van der Waals surface area contributed by atoms with Crippen molar-refractivity contribution in [3.63, 3.8) is 0 Å². The maximum Gasteiger partial charge on any atom is 0.358 e. The summed E-state index contributed by atoms with van der Waals surface area (Å²) in [5, 5.41) is 8.86. The molecule has 4 heteroatoms. The molecule has 0 heterocycles. The Kier molecular flexibility index (Phi) is 5.45.